The number of carbonyl (C=O) groups is 1. The number of rotatable bonds is 8. The summed E-state index contributed by atoms with van der Waals surface area (Å²) in [7, 11) is 3.16. The number of ether oxygens (including phenoxy) is 2. The van der Waals surface area contributed by atoms with Gasteiger partial charge in [0, 0.05) is 36.9 Å². The van der Waals surface area contributed by atoms with Crippen molar-refractivity contribution in [3.8, 4) is 11.5 Å². The summed E-state index contributed by atoms with van der Waals surface area (Å²) in [6.07, 6.45) is 3.45. The number of carbonyl (C=O) groups excluding carboxylic acids is 1. The predicted molar refractivity (Wildman–Crippen MR) is 105 cm³/mol. The van der Waals surface area contributed by atoms with Crippen LogP contribution >= 0.6 is 0 Å². The van der Waals surface area contributed by atoms with Gasteiger partial charge in [-0.25, -0.2) is 4.68 Å². The van der Waals surface area contributed by atoms with Crippen LogP contribution in [0.5, 0.6) is 11.5 Å². The average Bonchev–Trinajstić information content (AvgIpc) is 3.13. The lowest BCUT2D eigenvalue weighted by Gasteiger charge is -2.14. The third-order valence-electron chi connectivity index (χ3n) is 4.27. The molecular weight excluding hydrogens is 360 g/mol. The standard InChI is InChI=1S/C20H22N4O4/c1-27-16-7-5-6-15(20(16)28-2)14-24-17(9-11-21-24)22-18(25)10-13-23-12-4-3-8-19(23)26/h3-9,11-12H,10,13-14H2,1-2H3,(H,22,25). The van der Waals surface area contributed by atoms with E-state index in [1.807, 2.05) is 18.2 Å². The number of nitrogens with zero attached hydrogens (tertiary/aromatic N) is 3. The van der Waals surface area contributed by atoms with Crippen LogP contribution in [0, 0.1) is 0 Å². The largest absolute Gasteiger partial charge is 0.493 e. The molecule has 0 aliphatic rings. The van der Waals surface area contributed by atoms with Crippen LogP contribution in [-0.2, 0) is 17.9 Å². The lowest BCUT2D eigenvalue weighted by molar-refractivity contribution is -0.116. The maximum absolute atomic E-state index is 12.3. The zero-order valence-corrected chi connectivity index (χ0v) is 15.8. The Hall–Kier alpha value is -3.55. The second-order valence-corrected chi connectivity index (χ2v) is 6.06. The number of benzene rings is 1. The first-order chi connectivity index (χ1) is 13.6. The lowest BCUT2D eigenvalue weighted by atomic mass is 10.2. The summed E-state index contributed by atoms with van der Waals surface area (Å²) in [5.41, 5.74) is 0.738. The van der Waals surface area contributed by atoms with Gasteiger partial charge in [0.1, 0.15) is 5.82 Å². The predicted octanol–water partition coefficient (Wildman–Crippen LogP) is 2.14. The fraction of sp³-hybridized carbons (Fsp3) is 0.250. The first kappa shape index (κ1) is 19.2. The zero-order chi connectivity index (χ0) is 19.9. The molecule has 1 aromatic carbocycles. The quantitative estimate of drug-likeness (QED) is 0.645. The Balaban J connectivity index is 1.68. The number of hydrogen-bond donors (Lipinski definition) is 1. The van der Waals surface area contributed by atoms with Crippen LogP contribution in [0.4, 0.5) is 5.82 Å². The topological polar surface area (TPSA) is 87.4 Å². The van der Waals surface area contributed by atoms with Gasteiger partial charge in [0.15, 0.2) is 11.5 Å². The molecule has 0 spiro atoms. The van der Waals surface area contributed by atoms with E-state index >= 15 is 0 Å². The van der Waals surface area contributed by atoms with Crippen molar-refractivity contribution in [3.63, 3.8) is 0 Å². The minimum Gasteiger partial charge on any atom is -0.493 e. The van der Waals surface area contributed by atoms with Crippen LogP contribution in [0.3, 0.4) is 0 Å². The molecule has 0 fully saturated rings. The van der Waals surface area contributed by atoms with E-state index in [2.05, 4.69) is 10.4 Å². The fourth-order valence-corrected chi connectivity index (χ4v) is 2.88. The van der Waals surface area contributed by atoms with Gasteiger partial charge in [-0.2, -0.15) is 5.10 Å². The van der Waals surface area contributed by atoms with E-state index in [9.17, 15) is 9.59 Å². The van der Waals surface area contributed by atoms with Crippen LogP contribution < -0.4 is 20.3 Å². The van der Waals surface area contributed by atoms with Gasteiger partial charge < -0.3 is 19.4 Å². The van der Waals surface area contributed by atoms with Crippen LogP contribution in [0.15, 0.2) is 59.7 Å². The Labute approximate surface area is 162 Å². The Morgan fingerprint density at radius 1 is 1.11 bits per heavy atom. The zero-order valence-electron chi connectivity index (χ0n) is 15.8. The van der Waals surface area contributed by atoms with E-state index in [0.29, 0.717) is 30.4 Å². The molecule has 0 bridgehead atoms. The number of hydrogen-bond acceptors (Lipinski definition) is 5. The molecule has 2 heterocycles. The maximum Gasteiger partial charge on any atom is 0.250 e. The van der Waals surface area contributed by atoms with E-state index in [0.717, 1.165) is 5.56 Å². The van der Waals surface area contributed by atoms with E-state index in [1.54, 1.807) is 49.5 Å². The van der Waals surface area contributed by atoms with Crippen LogP contribution in [-0.4, -0.2) is 34.5 Å². The number of anilines is 1. The molecule has 3 aromatic rings. The highest BCUT2D eigenvalue weighted by Gasteiger charge is 2.13. The average molecular weight is 382 g/mol. The number of pyridine rings is 1. The van der Waals surface area contributed by atoms with Crippen molar-refractivity contribution in [1.82, 2.24) is 14.3 Å². The van der Waals surface area contributed by atoms with Crippen LogP contribution in [0.25, 0.3) is 0 Å². The van der Waals surface area contributed by atoms with Crippen LogP contribution in [0.1, 0.15) is 12.0 Å². The summed E-state index contributed by atoms with van der Waals surface area (Å²) in [6.45, 7) is 0.713. The summed E-state index contributed by atoms with van der Waals surface area (Å²) in [4.78, 5) is 24.0. The van der Waals surface area contributed by atoms with Crippen molar-refractivity contribution in [2.24, 2.45) is 0 Å². The SMILES string of the molecule is COc1cccc(Cn2nccc2NC(=O)CCn2ccccc2=O)c1OC. The molecule has 0 saturated heterocycles. The van der Waals surface area contributed by atoms with Gasteiger partial charge in [-0.15, -0.1) is 0 Å². The van der Waals surface area contributed by atoms with Gasteiger partial charge in [-0.05, 0) is 12.1 Å². The number of aromatic nitrogens is 3. The second-order valence-electron chi connectivity index (χ2n) is 6.06. The molecule has 0 atom stereocenters. The van der Waals surface area contributed by atoms with Gasteiger partial charge in [0.2, 0.25) is 5.91 Å². The highest BCUT2D eigenvalue weighted by Crippen LogP contribution is 2.31. The van der Waals surface area contributed by atoms with E-state index in [1.165, 1.54) is 10.6 Å². The summed E-state index contributed by atoms with van der Waals surface area (Å²) >= 11 is 0. The number of nitrogens with one attached hydrogen (secondary N) is 1. The molecule has 1 amide bonds. The molecule has 8 heteroatoms. The van der Waals surface area contributed by atoms with Gasteiger partial charge in [0.25, 0.3) is 5.56 Å². The Bertz CT molecular complexity index is 1010. The highest BCUT2D eigenvalue weighted by atomic mass is 16.5. The number of methoxy groups -OCH3 is 2. The molecule has 28 heavy (non-hydrogen) atoms. The normalized spacial score (nSPS) is 10.5. The van der Waals surface area contributed by atoms with E-state index in [4.69, 9.17) is 9.47 Å². The summed E-state index contributed by atoms with van der Waals surface area (Å²) < 4.78 is 13.9. The minimum atomic E-state index is -0.199. The van der Waals surface area contributed by atoms with Gasteiger partial charge in [0.05, 0.1) is 27.0 Å². The maximum atomic E-state index is 12.3. The number of para-hydroxylation sites is 1. The molecule has 2 aromatic heterocycles. The highest BCUT2D eigenvalue weighted by molar-refractivity contribution is 5.89. The Morgan fingerprint density at radius 2 is 1.96 bits per heavy atom. The minimum absolute atomic E-state index is 0.134. The molecule has 0 aliphatic carbocycles. The fourth-order valence-electron chi connectivity index (χ4n) is 2.88. The third kappa shape index (κ3) is 4.40. The van der Waals surface area contributed by atoms with Crippen molar-refractivity contribution < 1.29 is 14.3 Å². The molecular formula is C20H22N4O4. The molecule has 0 radical (unpaired) electrons. The molecule has 146 valence electrons. The number of amides is 1. The van der Waals surface area contributed by atoms with Crippen molar-refractivity contribution in [2.75, 3.05) is 19.5 Å². The molecule has 0 aliphatic heterocycles. The Morgan fingerprint density at radius 3 is 2.71 bits per heavy atom. The molecule has 0 unspecified atom stereocenters. The van der Waals surface area contributed by atoms with Gasteiger partial charge in [-0.1, -0.05) is 18.2 Å². The summed E-state index contributed by atoms with van der Waals surface area (Å²) in [6, 6.07) is 12.2. The molecule has 3 rings (SSSR count). The smallest absolute Gasteiger partial charge is 0.250 e. The lowest BCUT2D eigenvalue weighted by Crippen LogP contribution is -2.22. The number of aryl methyl sites for hydroxylation is 1. The molecule has 8 nitrogen and oxygen atoms in total. The van der Waals surface area contributed by atoms with Crippen LogP contribution in [0.2, 0.25) is 0 Å². The van der Waals surface area contributed by atoms with E-state index in [-0.39, 0.29) is 17.9 Å². The third-order valence-corrected chi connectivity index (χ3v) is 4.27. The summed E-state index contributed by atoms with van der Waals surface area (Å²) in [5.74, 6) is 1.62. The van der Waals surface area contributed by atoms with E-state index < -0.39 is 0 Å². The second kappa shape index (κ2) is 8.90. The van der Waals surface area contributed by atoms with Crippen molar-refractivity contribution in [2.45, 2.75) is 19.5 Å². The Kier molecular flexibility index (Phi) is 6.11. The monoisotopic (exact) mass is 382 g/mol. The van der Waals surface area contributed by atoms with Crippen molar-refractivity contribution >= 4 is 11.7 Å². The van der Waals surface area contributed by atoms with Crippen molar-refractivity contribution in [3.05, 3.63) is 70.8 Å². The van der Waals surface area contributed by atoms with Crippen molar-refractivity contribution in [1.29, 1.82) is 0 Å². The van der Waals surface area contributed by atoms with Gasteiger partial charge >= 0.3 is 0 Å². The molecule has 1 N–H and O–H groups in total. The summed E-state index contributed by atoms with van der Waals surface area (Å²) in [5, 5.41) is 7.12. The first-order valence-electron chi connectivity index (χ1n) is 8.79. The van der Waals surface area contributed by atoms with Gasteiger partial charge in [-0.3, -0.25) is 9.59 Å². The first-order valence-corrected chi connectivity index (χ1v) is 8.79. The molecule has 0 saturated carbocycles.